The molecule has 1 aliphatic rings. The van der Waals surface area contributed by atoms with E-state index in [1.54, 1.807) is 14.2 Å². The second kappa shape index (κ2) is 9.99. The summed E-state index contributed by atoms with van der Waals surface area (Å²) in [5, 5.41) is 8.67. The standard InChI is InChI=1S/C31H30N4O2S/c1-20-7-9-22(10-8-20)29-33-35-28(30(38)32-23-13-17-25(37-3)18-14-23)27(21-11-15-24(36-2)16-12-21)26-6-4-5-19-34(29)31(26)35/h7-18H,4-6,19H2,1-3H3,(H,32,38). The van der Waals surface area contributed by atoms with Gasteiger partial charge < -0.3 is 19.4 Å². The molecule has 1 N–H and O–H groups in total. The Morgan fingerprint density at radius 2 is 1.47 bits per heavy atom. The fraction of sp³-hybridized carbons (Fsp3) is 0.226. The van der Waals surface area contributed by atoms with E-state index in [-0.39, 0.29) is 0 Å². The van der Waals surface area contributed by atoms with Gasteiger partial charge in [-0.15, -0.1) is 5.10 Å². The van der Waals surface area contributed by atoms with E-state index in [1.807, 2.05) is 36.4 Å². The first-order valence-corrected chi connectivity index (χ1v) is 13.3. The van der Waals surface area contributed by atoms with Gasteiger partial charge in [-0.2, -0.15) is 0 Å². The predicted molar refractivity (Wildman–Crippen MR) is 157 cm³/mol. The summed E-state index contributed by atoms with van der Waals surface area (Å²) in [4.78, 5) is 0.628. The van der Waals surface area contributed by atoms with Crippen LogP contribution in [-0.2, 0) is 13.0 Å². The van der Waals surface area contributed by atoms with Crippen LogP contribution in [0.3, 0.4) is 0 Å². The molecule has 6 rings (SSSR count). The van der Waals surface area contributed by atoms with Crippen molar-refractivity contribution in [1.29, 1.82) is 0 Å². The zero-order valence-corrected chi connectivity index (χ0v) is 22.6. The normalized spacial score (nSPS) is 12.8. The molecule has 0 saturated heterocycles. The number of rotatable bonds is 6. The Morgan fingerprint density at radius 1 is 0.842 bits per heavy atom. The average molecular weight is 523 g/mol. The Hall–Kier alpha value is -4.10. The highest BCUT2D eigenvalue weighted by Crippen LogP contribution is 2.39. The van der Waals surface area contributed by atoms with Gasteiger partial charge in [0.2, 0.25) is 0 Å². The summed E-state index contributed by atoms with van der Waals surface area (Å²) in [5.74, 6) is 2.60. The maximum absolute atomic E-state index is 6.09. The quantitative estimate of drug-likeness (QED) is 0.245. The van der Waals surface area contributed by atoms with E-state index >= 15 is 0 Å². The molecule has 3 aromatic carbocycles. The number of aryl methyl sites for hydroxylation is 3. The first-order chi connectivity index (χ1) is 18.6. The molecule has 5 aromatic rings. The molecule has 192 valence electrons. The summed E-state index contributed by atoms with van der Waals surface area (Å²) in [6, 6.07) is 24.6. The first-order valence-electron chi connectivity index (χ1n) is 12.9. The van der Waals surface area contributed by atoms with Crippen molar-refractivity contribution >= 4 is 28.5 Å². The number of thiocarbonyl (C=S) groups is 1. The minimum absolute atomic E-state index is 0.628. The Balaban J connectivity index is 1.56. The third-order valence-electron chi connectivity index (χ3n) is 7.24. The molecule has 0 aliphatic carbocycles. The lowest BCUT2D eigenvalue weighted by Crippen LogP contribution is -2.15. The zero-order chi connectivity index (χ0) is 26.2. The van der Waals surface area contributed by atoms with E-state index < -0.39 is 0 Å². The summed E-state index contributed by atoms with van der Waals surface area (Å²) in [5.41, 5.74) is 8.79. The summed E-state index contributed by atoms with van der Waals surface area (Å²) in [6.45, 7) is 3.03. The maximum atomic E-state index is 6.09. The molecule has 6 nitrogen and oxygen atoms in total. The van der Waals surface area contributed by atoms with Gasteiger partial charge in [-0.3, -0.25) is 0 Å². The predicted octanol–water partition coefficient (Wildman–Crippen LogP) is 6.92. The topological polar surface area (TPSA) is 52.7 Å². The van der Waals surface area contributed by atoms with Gasteiger partial charge in [-0.1, -0.05) is 54.2 Å². The molecule has 0 spiro atoms. The third kappa shape index (κ3) is 4.23. The fourth-order valence-corrected chi connectivity index (χ4v) is 5.60. The molecule has 2 aromatic heterocycles. The van der Waals surface area contributed by atoms with Crippen LogP contribution in [0.1, 0.15) is 29.7 Å². The van der Waals surface area contributed by atoms with Crippen molar-refractivity contribution in [3.8, 4) is 34.0 Å². The second-order valence-electron chi connectivity index (χ2n) is 9.65. The van der Waals surface area contributed by atoms with E-state index in [4.69, 9.17) is 26.8 Å². The van der Waals surface area contributed by atoms with Crippen LogP contribution in [0, 0.1) is 6.92 Å². The number of ether oxygens (including phenoxy) is 2. The van der Waals surface area contributed by atoms with Gasteiger partial charge in [0, 0.05) is 28.9 Å². The van der Waals surface area contributed by atoms with Crippen LogP contribution in [0.4, 0.5) is 5.69 Å². The monoisotopic (exact) mass is 522 g/mol. The molecule has 0 radical (unpaired) electrons. The van der Waals surface area contributed by atoms with Gasteiger partial charge >= 0.3 is 0 Å². The van der Waals surface area contributed by atoms with E-state index in [0.29, 0.717) is 4.99 Å². The summed E-state index contributed by atoms with van der Waals surface area (Å²) in [7, 11) is 3.35. The number of hydrogen-bond acceptors (Lipinski definition) is 4. The molecular formula is C31H30N4O2S. The second-order valence-corrected chi connectivity index (χ2v) is 10.1. The Bertz CT molecular complexity index is 1610. The molecule has 0 fully saturated rings. The van der Waals surface area contributed by atoms with Crippen molar-refractivity contribution in [1.82, 2.24) is 14.2 Å². The highest BCUT2D eigenvalue weighted by Gasteiger charge is 2.29. The van der Waals surface area contributed by atoms with Gasteiger partial charge in [0.15, 0.2) is 5.82 Å². The molecule has 0 atom stereocenters. The van der Waals surface area contributed by atoms with E-state index in [1.165, 1.54) is 11.1 Å². The van der Waals surface area contributed by atoms with Crippen molar-refractivity contribution in [2.45, 2.75) is 32.7 Å². The summed E-state index contributed by atoms with van der Waals surface area (Å²) >= 11 is 6.09. The van der Waals surface area contributed by atoms with E-state index in [0.717, 1.165) is 76.8 Å². The lowest BCUT2D eigenvalue weighted by atomic mass is 9.98. The van der Waals surface area contributed by atoms with Crippen molar-refractivity contribution in [2.75, 3.05) is 19.5 Å². The number of nitrogens with one attached hydrogen (secondary N) is 1. The number of aromatic nitrogens is 3. The first kappa shape index (κ1) is 24.2. The molecule has 0 saturated carbocycles. The number of hydrogen-bond donors (Lipinski definition) is 1. The van der Waals surface area contributed by atoms with Crippen LogP contribution in [0.25, 0.3) is 28.2 Å². The SMILES string of the molecule is COc1ccc(NC(=S)c2c(-c3ccc(OC)cc3)c3c4n(c(-c5ccc(C)cc5)nn24)CCCC3)cc1. The highest BCUT2D eigenvalue weighted by molar-refractivity contribution is 7.81. The fourth-order valence-electron chi connectivity index (χ4n) is 5.30. The number of methoxy groups -OCH3 is 2. The maximum Gasteiger partial charge on any atom is 0.162 e. The minimum atomic E-state index is 0.628. The van der Waals surface area contributed by atoms with Crippen molar-refractivity contribution < 1.29 is 9.47 Å². The van der Waals surface area contributed by atoms with Gasteiger partial charge in [0.1, 0.15) is 27.8 Å². The average Bonchev–Trinajstić information content (AvgIpc) is 3.37. The van der Waals surface area contributed by atoms with E-state index in [9.17, 15) is 0 Å². The van der Waals surface area contributed by atoms with Gasteiger partial charge in [-0.25, -0.2) is 4.52 Å². The van der Waals surface area contributed by atoms with Gasteiger partial charge in [0.25, 0.3) is 0 Å². The van der Waals surface area contributed by atoms with Crippen molar-refractivity contribution in [3.05, 3.63) is 89.6 Å². The number of anilines is 1. The Labute approximate surface area is 227 Å². The zero-order valence-electron chi connectivity index (χ0n) is 21.8. The smallest absolute Gasteiger partial charge is 0.162 e. The Kier molecular flexibility index (Phi) is 6.37. The van der Waals surface area contributed by atoms with Gasteiger partial charge in [0.05, 0.1) is 14.2 Å². The van der Waals surface area contributed by atoms with E-state index in [2.05, 4.69) is 57.7 Å². The Morgan fingerprint density at radius 3 is 2.13 bits per heavy atom. The lowest BCUT2D eigenvalue weighted by molar-refractivity contribution is 0.415. The molecular weight excluding hydrogens is 492 g/mol. The van der Waals surface area contributed by atoms with Crippen LogP contribution in [-0.4, -0.2) is 33.4 Å². The summed E-state index contributed by atoms with van der Waals surface area (Å²) in [6.07, 6.45) is 3.18. The molecule has 7 heteroatoms. The molecule has 0 bridgehead atoms. The van der Waals surface area contributed by atoms with Crippen LogP contribution >= 0.6 is 12.2 Å². The lowest BCUT2D eigenvalue weighted by Gasteiger charge is -2.12. The van der Waals surface area contributed by atoms with Gasteiger partial charge in [-0.05, 0) is 68.1 Å². The van der Waals surface area contributed by atoms with Crippen LogP contribution in [0.5, 0.6) is 11.5 Å². The van der Waals surface area contributed by atoms with Crippen LogP contribution in [0.15, 0.2) is 72.8 Å². The third-order valence-corrected chi connectivity index (χ3v) is 7.53. The summed E-state index contributed by atoms with van der Waals surface area (Å²) < 4.78 is 15.2. The molecule has 0 amide bonds. The largest absolute Gasteiger partial charge is 0.497 e. The molecule has 3 heterocycles. The highest BCUT2D eigenvalue weighted by atomic mass is 32.1. The number of nitrogens with zero attached hydrogens (tertiary/aromatic N) is 3. The molecule has 0 unspecified atom stereocenters. The minimum Gasteiger partial charge on any atom is -0.497 e. The molecule has 1 aliphatic heterocycles. The van der Waals surface area contributed by atoms with Crippen molar-refractivity contribution in [2.24, 2.45) is 0 Å². The van der Waals surface area contributed by atoms with Crippen LogP contribution in [0.2, 0.25) is 0 Å². The van der Waals surface area contributed by atoms with Crippen LogP contribution < -0.4 is 14.8 Å². The molecule has 38 heavy (non-hydrogen) atoms. The number of benzene rings is 3. The van der Waals surface area contributed by atoms with Crippen molar-refractivity contribution in [3.63, 3.8) is 0 Å².